The SMILES string of the molecule is CC(C)C(NC(=O)c1ccccc1F)C(=O)N1CCCN(c2ccc(C(F)(F)F)cn2)CC1. The van der Waals surface area contributed by atoms with E-state index in [1.54, 1.807) is 24.8 Å². The number of nitrogens with one attached hydrogen (secondary N) is 1. The van der Waals surface area contributed by atoms with E-state index in [1.807, 2.05) is 4.90 Å². The molecule has 0 aliphatic carbocycles. The molecule has 0 spiro atoms. The van der Waals surface area contributed by atoms with Crippen LogP contribution in [0, 0.1) is 11.7 Å². The third kappa shape index (κ3) is 6.00. The molecule has 1 aromatic heterocycles. The van der Waals surface area contributed by atoms with Crippen molar-refractivity contribution in [3.63, 3.8) is 0 Å². The van der Waals surface area contributed by atoms with Gasteiger partial charge < -0.3 is 15.1 Å². The van der Waals surface area contributed by atoms with Crippen molar-refractivity contribution in [1.29, 1.82) is 0 Å². The van der Waals surface area contributed by atoms with Crippen LogP contribution in [0.4, 0.5) is 23.4 Å². The van der Waals surface area contributed by atoms with Gasteiger partial charge in [-0.1, -0.05) is 26.0 Å². The van der Waals surface area contributed by atoms with E-state index in [0.717, 1.165) is 12.3 Å². The first kappa shape index (κ1) is 24.5. The summed E-state index contributed by atoms with van der Waals surface area (Å²) in [5.41, 5.74) is -0.949. The summed E-state index contributed by atoms with van der Waals surface area (Å²) < 4.78 is 52.3. The summed E-state index contributed by atoms with van der Waals surface area (Å²) in [5.74, 6) is -1.43. The Balaban J connectivity index is 1.66. The number of carbonyl (C=O) groups excluding carboxylic acids is 2. The summed E-state index contributed by atoms with van der Waals surface area (Å²) >= 11 is 0. The summed E-state index contributed by atoms with van der Waals surface area (Å²) in [7, 11) is 0. The molecule has 1 aliphatic rings. The molecule has 2 heterocycles. The summed E-state index contributed by atoms with van der Waals surface area (Å²) in [6.07, 6.45) is -3.07. The Morgan fingerprint density at radius 1 is 1.03 bits per heavy atom. The Morgan fingerprint density at radius 3 is 2.36 bits per heavy atom. The van der Waals surface area contributed by atoms with Gasteiger partial charge in [0.1, 0.15) is 17.7 Å². The van der Waals surface area contributed by atoms with Crippen molar-refractivity contribution < 1.29 is 27.2 Å². The van der Waals surface area contributed by atoms with E-state index < -0.39 is 29.5 Å². The predicted octanol–water partition coefficient (Wildman–Crippen LogP) is 3.73. The maximum atomic E-state index is 14.0. The van der Waals surface area contributed by atoms with Crippen LogP contribution in [0.25, 0.3) is 0 Å². The van der Waals surface area contributed by atoms with Crippen LogP contribution in [-0.4, -0.2) is 53.9 Å². The van der Waals surface area contributed by atoms with Gasteiger partial charge in [-0.15, -0.1) is 0 Å². The van der Waals surface area contributed by atoms with Gasteiger partial charge in [0.2, 0.25) is 5.91 Å². The normalized spacial score (nSPS) is 15.8. The van der Waals surface area contributed by atoms with Crippen LogP contribution >= 0.6 is 0 Å². The largest absolute Gasteiger partial charge is 0.417 e. The third-order valence-corrected chi connectivity index (χ3v) is 5.54. The van der Waals surface area contributed by atoms with Gasteiger partial charge in [-0.25, -0.2) is 9.37 Å². The molecule has 178 valence electrons. The molecule has 33 heavy (non-hydrogen) atoms. The Hall–Kier alpha value is -3.17. The number of carbonyl (C=O) groups is 2. The van der Waals surface area contributed by atoms with E-state index in [4.69, 9.17) is 0 Å². The molecule has 1 aromatic carbocycles. The molecule has 1 fully saturated rings. The smallest absolute Gasteiger partial charge is 0.355 e. The lowest BCUT2D eigenvalue weighted by Crippen LogP contribution is -2.52. The molecule has 0 bridgehead atoms. The van der Waals surface area contributed by atoms with Crippen molar-refractivity contribution in [3.8, 4) is 0 Å². The summed E-state index contributed by atoms with van der Waals surface area (Å²) in [6, 6.07) is 7.03. The number of anilines is 1. The van der Waals surface area contributed by atoms with E-state index in [2.05, 4.69) is 10.3 Å². The molecule has 1 saturated heterocycles. The van der Waals surface area contributed by atoms with Crippen LogP contribution in [0.1, 0.15) is 36.2 Å². The minimum absolute atomic E-state index is 0.133. The van der Waals surface area contributed by atoms with Crippen molar-refractivity contribution >= 4 is 17.6 Å². The highest BCUT2D eigenvalue weighted by molar-refractivity contribution is 5.97. The zero-order chi connectivity index (χ0) is 24.2. The molecular formula is C23H26F4N4O2. The zero-order valence-corrected chi connectivity index (χ0v) is 18.4. The van der Waals surface area contributed by atoms with Gasteiger partial charge in [0, 0.05) is 32.4 Å². The van der Waals surface area contributed by atoms with Crippen LogP contribution in [0.2, 0.25) is 0 Å². The van der Waals surface area contributed by atoms with E-state index >= 15 is 0 Å². The summed E-state index contributed by atoms with van der Waals surface area (Å²) in [4.78, 5) is 33.1. The van der Waals surface area contributed by atoms with E-state index in [1.165, 1.54) is 24.3 Å². The molecule has 1 aliphatic heterocycles. The Morgan fingerprint density at radius 2 is 1.76 bits per heavy atom. The molecule has 2 aromatic rings. The zero-order valence-electron chi connectivity index (χ0n) is 18.4. The second-order valence-electron chi connectivity index (χ2n) is 8.24. The van der Waals surface area contributed by atoms with Crippen LogP contribution in [0.3, 0.4) is 0 Å². The molecule has 0 saturated carbocycles. The van der Waals surface area contributed by atoms with Crippen LogP contribution in [0.5, 0.6) is 0 Å². The Bertz CT molecular complexity index is 979. The summed E-state index contributed by atoms with van der Waals surface area (Å²) in [6.45, 7) is 5.24. The van der Waals surface area contributed by atoms with Gasteiger partial charge in [0.05, 0.1) is 11.1 Å². The van der Waals surface area contributed by atoms with Crippen LogP contribution in [-0.2, 0) is 11.0 Å². The first-order chi connectivity index (χ1) is 15.6. The average molecular weight is 466 g/mol. The summed E-state index contributed by atoms with van der Waals surface area (Å²) in [5, 5.41) is 2.65. The fourth-order valence-corrected chi connectivity index (χ4v) is 3.68. The van der Waals surface area contributed by atoms with Gasteiger partial charge in [-0.3, -0.25) is 9.59 Å². The Labute approximate surface area is 189 Å². The number of rotatable bonds is 5. The fourth-order valence-electron chi connectivity index (χ4n) is 3.68. The highest BCUT2D eigenvalue weighted by atomic mass is 19.4. The molecule has 1 atom stereocenters. The van der Waals surface area contributed by atoms with Crippen molar-refractivity contribution in [2.24, 2.45) is 5.92 Å². The highest BCUT2D eigenvalue weighted by Crippen LogP contribution is 2.29. The topological polar surface area (TPSA) is 65.5 Å². The predicted molar refractivity (Wildman–Crippen MR) is 115 cm³/mol. The molecule has 1 N–H and O–H groups in total. The standard InChI is InChI=1S/C23H26F4N4O2/c1-15(2)20(29-21(32)17-6-3-4-7-18(17)24)22(33)31-11-5-10-30(12-13-31)19-9-8-16(14-28-19)23(25,26)27/h3-4,6-9,14-15,20H,5,10-13H2,1-2H3,(H,29,32). The average Bonchev–Trinajstić information content (AvgIpc) is 3.03. The van der Waals surface area contributed by atoms with E-state index in [0.29, 0.717) is 38.4 Å². The minimum atomic E-state index is -4.45. The van der Waals surface area contributed by atoms with Crippen LogP contribution in [0.15, 0.2) is 42.6 Å². The van der Waals surface area contributed by atoms with E-state index in [-0.39, 0.29) is 17.4 Å². The van der Waals surface area contributed by atoms with Crippen molar-refractivity contribution in [1.82, 2.24) is 15.2 Å². The second-order valence-corrected chi connectivity index (χ2v) is 8.24. The first-order valence-electron chi connectivity index (χ1n) is 10.7. The minimum Gasteiger partial charge on any atom is -0.355 e. The van der Waals surface area contributed by atoms with Gasteiger partial charge in [-0.05, 0) is 36.6 Å². The number of pyridine rings is 1. The number of aromatic nitrogens is 1. The highest BCUT2D eigenvalue weighted by Gasteiger charge is 2.32. The van der Waals surface area contributed by atoms with Crippen molar-refractivity contribution in [2.75, 3.05) is 31.1 Å². The molecule has 6 nitrogen and oxygen atoms in total. The Kier molecular flexibility index (Phi) is 7.55. The van der Waals surface area contributed by atoms with Gasteiger partial charge in [0.25, 0.3) is 5.91 Å². The molecule has 1 unspecified atom stereocenters. The number of hydrogen-bond donors (Lipinski definition) is 1. The maximum absolute atomic E-state index is 14.0. The van der Waals surface area contributed by atoms with Gasteiger partial charge in [0.15, 0.2) is 0 Å². The molecule has 2 amide bonds. The lowest BCUT2D eigenvalue weighted by molar-refractivity contribution is -0.138. The fraction of sp³-hybridized carbons (Fsp3) is 0.435. The van der Waals surface area contributed by atoms with Crippen LogP contribution < -0.4 is 10.2 Å². The lowest BCUT2D eigenvalue weighted by Gasteiger charge is -2.29. The van der Waals surface area contributed by atoms with E-state index in [9.17, 15) is 27.2 Å². The van der Waals surface area contributed by atoms with Gasteiger partial charge in [-0.2, -0.15) is 13.2 Å². The van der Waals surface area contributed by atoms with Gasteiger partial charge >= 0.3 is 6.18 Å². The number of alkyl halides is 3. The maximum Gasteiger partial charge on any atom is 0.417 e. The molecule has 0 radical (unpaired) electrons. The molecule has 10 heteroatoms. The third-order valence-electron chi connectivity index (χ3n) is 5.54. The number of nitrogens with zero attached hydrogens (tertiary/aromatic N) is 3. The van der Waals surface area contributed by atoms with Crippen molar-refractivity contribution in [2.45, 2.75) is 32.5 Å². The molecular weight excluding hydrogens is 440 g/mol. The number of benzene rings is 1. The molecule has 3 rings (SSSR count). The monoisotopic (exact) mass is 466 g/mol. The second kappa shape index (κ2) is 10.2. The van der Waals surface area contributed by atoms with Crippen molar-refractivity contribution in [3.05, 3.63) is 59.5 Å². The lowest BCUT2D eigenvalue weighted by atomic mass is 10.0. The number of amides is 2. The quantitative estimate of drug-likeness (QED) is 0.682. The first-order valence-corrected chi connectivity index (χ1v) is 10.7. The number of halogens is 4. The number of hydrogen-bond acceptors (Lipinski definition) is 4.